The number of amides is 1. The van der Waals surface area contributed by atoms with E-state index in [0.717, 1.165) is 11.1 Å². The molecule has 0 aromatic heterocycles. The first-order valence-corrected chi connectivity index (χ1v) is 8.83. The number of halogens is 1. The van der Waals surface area contributed by atoms with Gasteiger partial charge in [0.05, 0.1) is 27.9 Å². The van der Waals surface area contributed by atoms with Gasteiger partial charge in [0, 0.05) is 23.7 Å². The lowest BCUT2D eigenvalue weighted by Gasteiger charge is -2.20. The van der Waals surface area contributed by atoms with Gasteiger partial charge in [-0.3, -0.25) is 9.69 Å². The molecule has 0 unspecified atom stereocenters. The number of likely N-dealkylation sites (N-methyl/N-ethyl adjacent to an activating group) is 1. The average Bonchev–Trinajstić information content (AvgIpc) is 2.66. The lowest BCUT2D eigenvalue weighted by Crippen LogP contribution is -2.34. The lowest BCUT2D eigenvalue weighted by atomic mass is 10.1. The first-order chi connectivity index (χ1) is 13.0. The minimum absolute atomic E-state index is 0.0631. The number of methoxy groups -OCH3 is 3. The number of nitrogens with zero attached hydrogens (tertiary/aromatic N) is 1. The molecule has 0 bridgehead atoms. The van der Waals surface area contributed by atoms with E-state index >= 15 is 0 Å². The van der Waals surface area contributed by atoms with Crippen molar-refractivity contribution >= 4 is 17.5 Å². The predicted molar refractivity (Wildman–Crippen MR) is 106 cm³/mol. The van der Waals surface area contributed by atoms with Crippen LogP contribution in [0, 0.1) is 0 Å². The molecule has 0 fully saturated rings. The van der Waals surface area contributed by atoms with E-state index in [1.54, 1.807) is 33.5 Å². The Hall–Kier alpha value is -2.44. The van der Waals surface area contributed by atoms with Crippen LogP contribution >= 0.6 is 11.6 Å². The molecule has 7 heteroatoms. The van der Waals surface area contributed by atoms with Crippen molar-refractivity contribution < 1.29 is 19.0 Å². The normalized spacial score (nSPS) is 10.6. The molecule has 0 atom stereocenters. The Bertz CT molecular complexity index is 765. The number of hydrogen-bond donors (Lipinski definition) is 1. The first kappa shape index (κ1) is 20.9. The fraction of sp³-hybridized carbons (Fsp3) is 0.350. The molecule has 2 aromatic rings. The second kappa shape index (κ2) is 10.0. The van der Waals surface area contributed by atoms with Crippen LogP contribution in [-0.2, 0) is 17.9 Å². The summed E-state index contributed by atoms with van der Waals surface area (Å²) in [5.74, 6) is 1.68. The number of benzene rings is 2. The van der Waals surface area contributed by atoms with Crippen molar-refractivity contribution in [1.29, 1.82) is 0 Å². The quantitative estimate of drug-likeness (QED) is 0.710. The molecule has 2 rings (SSSR count). The first-order valence-electron chi connectivity index (χ1n) is 8.46. The summed E-state index contributed by atoms with van der Waals surface area (Å²) in [5.41, 5.74) is 1.90. The van der Waals surface area contributed by atoms with Crippen LogP contribution in [0.15, 0.2) is 36.4 Å². The fourth-order valence-corrected chi connectivity index (χ4v) is 2.86. The van der Waals surface area contributed by atoms with Crippen LogP contribution in [0.2, 0.25) is 5.02 Å². The summed E-state index contributed by atoms with van der Waals surface area (Å²) < 4.78 is 16.2. The molecule has 27 heavy (non-hydrogen) atoms. The highest BCUT2D eigenvalue weighted by Crippen LogP contribution is 2.40. The van der Waals surface area contributed by atoms with Crippen molar-refractivity contribution in [2.45, 2.75) is 13.1 Å². The number of ether oxygens (including phenoxy) is 3. The summed E-state index contributed by atoms with van der Waals surface area (Å²) >= 11 is 5.86. The van der Waals surface area contributed by atoms with Gasteiger partial charge in [0.25, 0.3) is 0 Å². The van der Waals surface area contributed by atoms with Gasteiger partial charge in [-0.05, 0) is 30.8 Å². The molecule has 0 spiro atoms. The van der Waals surface area contributed by atoms with Crippen molar-refractivity contribution in [2.24, 2.45) is 0 Å². The van der Waals surface area contributed by atoms with Gasteiger partial charge in [-0.15, -0.1) is 0 Å². The van der Waals surface area contributed by atoms with Gasteiger partial charge in [-0.2, -0.15) is 0 Å². The maximum atomic E-state index is 12.2. The van der Waals surface area contributed by atoms with Crippen LogP contribution in [0.5, 0.6) is 17.2 Å². The summed E-state index contributed by atoms with van der Waals surface area (Å²) in [6.45, 7) is 1.24. The van der Waals surface area contributed by atoms with Crippen LogP contribution in [0.25, 0.3) is 0 Å². The van der Waals surface area contributed by atoms with Crippen LogP contribution in [0.4, 0.5) is 0 Å². The fourth-order valence-electron chi connectivity index (χ4n) is 2.74. The van der Waals surface area contributed by atoms with Crippen molar-refractivity contribution in [2.75, 3.05) is 34.9 Å². The van der Waals surface area contributed by atoms with Gasteiger partial charge in [0.15, 0.2) is 11.5 Å². The molecule has 6 nitrogen and oxygen atoms in total. The SMILES string of the molecule is COc1ccc(CN(C)CC(=O)NCc2ccc(Cl)cc2)c(OC)c1OC. The summed E-state index contributed by atoms with van der Waals surface area (Å²) in [6.07, 6.45) is 0. The molecule has 2 aromatic carbocycles. The number of nitrogens with one attached hydrogen (secondary N) is 1. The largest absolute Gasteiger partial charge is 0.493 e. The third-order valence-corrected chi connectivity index (χ3v) is 4.29. The zero-order chi connectivity index (χ0) is 19.8. The second-order valence-corrected chi connectivity index (χ2v) is 6.51. The van der Waals surface area contributed by atoms with Crippen LogP contribution in [0.1, 0.15) is 11.1 Å². The maximum absolute atomic E-state index is 12.2. The molecule has 1 N–H and O–H groups in total. The van der Waals surface area contributed by atoms with Gasteiger partial charge in [0.2, 0.25) is 11.7 Å². The monoisotopic (exact) mass is 392 g/mol. The van der Waals surface area contributed by atoms with E-state index in [0.29, 0.717) is 35.4 Å². The molecular formula is C20H25ClN2O4. The van der Waals surface area contributed by atoms with Gasteiger partial charge in [0.1, 0.15) is 0 Å². The average molecular weight is 393 g/mol. The minimum Gasteiger partial charge on any atom is -0.493 e. The summed E-state index contributed by atoms with van der Waals surface area (Å²) in [6, 6.07) is 11.1. The highest BCUT2D eigenvalue weighted by atomic mass is 35.5. The molecule has 0 saturated carbocycles. The van der Waals surface area contributed by atoms with E-state index in [1.165, 1.54) is 0 Å². The smallest absolute Gasteiger partial charge is 0.234 e. The number of rotatable bonds is 9. The molecule has 0 aliphatic heterocycles. The Balaban J connectivity index is 1.95. The number of carbonyl (C=O) groups excluding carboxylic acids is 1. The molecule has 0 aliphatic carbocycles. The van der Waals surface area contributed by atoms with E-state index in [-0.39, 0.29) is 12.5 Å². The van der Waals surface area contributed by atoms with E-state index in [9.17, 15) is 4.79 Å². The Morgan fingerprint density at radius 2 is 1.67 bits per heavy atom. The van der Waals surface area contributed by atoms with Gasteiger partial charge < -0.3 is 19.5 Å². The molecule has 1 amide bonds. The van der Waals surface area contributed by atoms with Crippen molar-refractivity contribution in [1.82, 2.24) is 10.2 Å². The highest BCUT2D eigenvalue weighted by molar-refractivity contribution is 6.30. The molecule has 0 saturated heterocycles. The predicted octanol–water partition coefficient (Wildman–Crippen LogP) is 3.11. The van der Waals surface area contributed by atoms with Gasteiger partial charge in [-0.25, -0.2) is 0 Å². The van der Waals surface area contributed by atoms with Crippen LogP contribution in [-0.4, -0.2) is 45.7 Å². The molecule has 0 heterocycles. The van der Waals surface area contributed by atoms with Crippen LogP contribution in [0.3, 0.4) is 0 Å². The Labute approximate surface area is 165 Å². The van der Waals surface area contributed by atoms with Crippen molar-refractivity contribution in [3.8, 4) is 17.2 Å². The zero-order valence-electron chi connectivity index (χ0n) is 16.0. The molecule has 0 aliphatic rings. The molecular weight excluding hydrogens is 368 g/mol. The van der Waals surface area contributed by atoms with Gasteiger partial charge in [-0.1, -0.05) is 29.8 Å². The number of hydrogen-bond acceptors (Lipinski definition) is 5. The Morgan fingerprint density at radius 3 is 2.26 bits per heavy atom. The highest BCUT2D eigenvalue weighted by Gasteiger charge is 2.17. The van der Waals surface area contributed by atoms with E-state index < -0.39 is 0 Å². The van der Waals surface area contributed by atoms with Crippen LogP contribution < -0.4 is 19.5 Å². The third kappa shape index (κ3) is 5.77. The number of carbonyl (C=O) groups is 1. The summed E-state index contributed by atoms with van der Waals surface area (Å²) in [4.78, 5) is 14.1. The van der Waals surface area contributed by atoms with Gasteiger partial charge >= 0.3 is 0 Å². The lowest BCUT2D eigenvalue weighted by molar-refractivity contribution is -0.122. The van der Waals surface area contributed by atoms with E-state index in [2.05, 4.69) is 5.32 Å². The molecule has 146 valence electrons. The third-order valence-electron chi connectivity index (χ3n) is 4.04. The Kier molecular flexibility index (Phi) is 7.76. The second-order valence-electron chi connectivity index (χ2n) is 6.07. The topological polar surface area (TPSA) is 60.0 Å². The van der Waals surface area contributed by atoms with E-state index in [1.807, 2.05) is 36.2 Å². The summed E-state index contributed by atoms with van der Waals surface area (Å²) in [7, 11) is 6.60. The van der Waals surface area contributed by atoms with Crippen molar-refractivity contribution in [3.63, 3.8) is 0 Å². The Morgan fingerprint density at radius 1 is 1.00 bits per heavy atom. The van der Waals surface area contributed by atoms with Crippen molar-refractivity contribution in [3.05, 3.63) is 52.5 Å². The zero-order valence-corrected chi connectivity index (χ0v) is 16.8. The minimum atomic E-state index is -0.0631. The summed E-state index contributed by atoms with van der Waals surface area (Å²) in [5, 5.41) is 3.58. The maximum Gasteiger partial charge on any atom is 0.234 e. The van der Waals surface area contributed by atoms with E-state index in [4.69, 9.17) is 25.8 Å². The molecule has 0 radical (unpaired) electrons. The standard InChI is InChI=1S/C20H25ClN2O4/c1-23(13-18(24)22-11-14-5-8-16(21)9-6-14)12-15-7-10-17(25-2)20(27-4)19(15)26-3/h5-10H,11-13H2,1-4H3,(H,22,24).